The van der Waals surface area contributed by atoms with E-state index in [9.17, 15) is 5.11 Å². The molecule has 0 aromatic heterocycles. The summed E-state index contributed by atoms with van der Waals surface area (Å²) >= 11 is 5.94. The van der Waals surface area contributed by atoms with Crippen LogP contribution in [-0.4, -0.2) is 18.8 Å². The smallest absolute Gasteiger partial charge is 0.162 e. The first kappa shape index (κ1) is 11.1. The van der Waals surface area contributed by atoms with Crippen molar-refractivity contribution in [1.29, 1.82) is 0 Å². The summed E-state index contributed by atoms with van der Waals surface area (Å²) in [6.07, 6.45) is 1.46. The van der Waals surface area contributed by atoms with E-state index < -0.39 is 0 Å². The van der Waals surface area contributed by atoms with Crippen molar-refractivity contribution < 1.29 is 9.84 Å². The molecular weight excluding hydrogens is 202 g/mol. The second-order valence-electron chi connectivity index (χ2n) is 2.97. The molecule has 0 bridgehead atoms. The highest BCUT2D eigenvalue weighted by molar-refractivity contribution is 6.31. The fourth-order valence-electron chi connectivity index (χ4n) is 1.27. The van der Waals surface area contributed by atoms with Gasteiger partial charge in [-0.05, 0) is 31.5 Å². The Labute approximate surface area is 88.4 Å². The van der Waals surface area contributed by atoms with Crippen LogP contribution in [-0.2, 0) is 6.42 Å². The highest BCUT2D eigenvalue weighted by Gasteiger charge is 2.11. The molecule has 4 heteroatoms. The maximum atomic E-state index is 9.75. The van der Waals surface area contributed by atoms with Gasteiger partial charge in [-0.25, -0.2) is 0 Å². The molecule has 78 valence electrons. The number of methoxy groups -OCH3 is 1. The van der Waals surface area contributed by atoms with Gasteiger partial charge in [0.1, 0.15) is 0 Å². The zero-order chi connectivity index (χ0) is 10.6. The Balaban J connectivity index is 2.99. The molecule has 0 spiro atoms. The molecule has 0 heterocycles. The van der Waals surface area contributed by atoms with Crippen molar-refractivity contribution in [2.45, 2.75) is 12.8 Å². The molecule has 0 radical (unpaired) electrons. The van der Waals surface area contributed by atoms with Crippen LogP contribution >= 0.6 is 11.6 Å². The summed E-state index contributed by atoms with van der Waals surface area (Å²) in [7, 11) is 1.51. The molecular formula is C10H14ClNO2. The van der Waals surface area contributed by atoms with Gasteiger partial charge in [-0.3, -0.25) is 0 Å². The zero-order valence-electron chi connectivity index (χ0n) is 8.09. The third-order valence-corrected chi connectivity index (χ3v) is 2.39. The number of hydrogen-bond acceptors (Lipinski definition) is 3. The van der Waals surface area contributed by atoms with Crippen LogP contribution in [0.5, 0.6) is 11.5 Å². The Kier molecular flexibility index (Phi) is 4.04. The van der Waals surface area contributed by atoms with Crippen molar-refractivity contribution in [2.24, 2.45) is 5.73 Å². The monoisotopic (exact) mass is 215 g/mol. The van der Waals surface area contributed by atoms with Gasteiger partial charge in [0, 0.05) is 10.6 Å². The van der Waals surface area contributed by atoms with E-state index in [1.807, 2.05) is 0 Å². The first-order valence-corrected chi connectivity index (χ1v) is 4.83. The van der Waals surface area contributed by atoms with E-state index in [4.69, 9.17) is 22.1 Å². The van der Waals surface area contributed by atoms with E-state index in [-0.39, 0.29) is 5.75 Å². The van der Waals surface area contributed by atoms with Gasteiger partial charge in [-0.15, -0.1) is 0 Å². The minimum absolute atomic E-state index is 0.119. The molecule has 0 atom stereocenters. The van der Waals surface area contributed by atoms with E-state index in [1.54, 1.807) is 12.1 Å². The Morgan fingerprint density at radius 1 is 1.50 bits per heavy atom. The fraction of sp³-hybridized carbons (Fsp3) is 0.400. The normalized spacial score (nSPS) is 10.2. The van der Waals surface area contributed by atoms with Gasteiger partial charge >= 0.3 is 0 Å². The van der Waals surface area contributed by atoms with Gasteiger partial charge in [0.05, 0.1) is 7.11 Å². The van der Waals surface area contributed by atoms with E-state index in [2.05, 4.69) is 0 Å². The molecule has 0 unspecified atom stereocenters. The van der Waals surface area contributed by atoms with Crippen LogP contribution in [0.25, 0.3) is 0 Å². The van der Waals surface area contributed by atoms with Crippen LogP contribution in [0.4, 0.5) is 0 Å². The Morgan fingerprint density at radius 3 is 2.79 bits per heavy atom. The van der Waals surface area contributed by atoms with E-state index in [1.165, 1.54) is 7.11 Å². The number of nitrogens with two attached hydrogens (primary N) is 1. The quantitative estimate of drug-likeness (QED) is 0.807. The van der Waals surface area contributed by atoms with Gasteiger partial charge in [-0.2, -0.15) is 0 Å². The van der Waals surface area contributed by atoms with Crippen LogP contribution in [0.3, 0.4) is 0 Å². The number of ether oxygens (including phenoxy) is 1. The lowest BCUT2D eigenvalue weighted by atomic mass is 10.1. The highest BCUT2D eigenvalue weighted by Crippen LogP contribution is 2.35. The van der Waals surface area contributed by atoms with Crippen LogP contribution in [0, 0.1) is 0 Å². The lowest BCUT2D eigenvalue weighted by molar-refractivity contribution is 0.370. The minimum atomic E-state index is 0.119. The van der Waals surface area contributed by atoms with Crippen molar-refractivity contribution in [2.75, 3.05) is 13.7 Å². The first-order valence-electron chi connectivity index (χ1n) is 4.45. The maximum absolute atomic E-state index is 9.75. The number of phenolic OH excluding ortho intramolecular Hbond substituents is 1. The van der Waals surface area contributed by atoms with Crippen LogP contribution in [0.1, 0.15) is 12.0 Å². The van der Waals surface area contributed by atoms with Crippen LogP contribution < -0.4 is 10.5 Å². The van der Waals surface area contributed by atoms with Crippen LogP contribution in [0.15, 0.2) is 12.1 Å². The largest absolute Gasteiger partial charge is 0.504 e. The summed E-state index contributed by atoms with van der Waals surface area (Å²) in [5, 5.41) is 10.3. The Hall–Kier alpha value is -0.930. The van der Waals surface area contributed by atoms with E-state index in [0.717, 1.165) is 6.42 Å². The maximum Gasteiger partial charge on any atom is 0.162 e. The molecule has 1 aromatic carbocycles. The summed E-state index contributed by atoms with van der Waals surface area (Å²) in [5.41, 5.74) is 6.10. The molecule has 3 nitrogen and oxygen atoms in total. The number of hydrogen-bond donors (Lipinski definition) is 2. The number of aromatic hydroxyl groups is 1. The lowest BCUT2D eigenvalue weighted by Gasteiger charge is -2.10. The van der Waals surface area contributed by atoms with Crippen molar-refractivity contribution in [3.63, 3.8) is 0 Å². The van der Waals surface area contributed by atoms with Gasteiger partial charge < -0.3 is 15.6 Å². The average molecular weight is 216 g/mol. The summed E-state index contributed by atoms with van der Waals surface area (Å²) in [6.45, 7) is 0.576. The van der Waals surface area contributed by atoms with Crippen molar-refractivity contribution >= 4 is 11.6 Å². The van der Waals surface area contributed by atoms with Crippen molar-refractivity contribution in [3.05, 3.63) is 22.7 Å². The zero-order valence-corrected chi connectivity index (χ0v) is 8.84. The Morgan fingerprint density at radius 2 is 2.21 bits per heavy atom. The second kappa shape index (κ2) is 5.08. The summed E-state index contributed by atoms with van der Waals surface area (Å²) < 4.78 is 4.98. The highest BCUT2D eigenvalue weighted by atomic mass is 35.5. The predicted octanol–water partition coefficient (Wildman–Crippen LogP) is 1.95. The minimum Gasteiger partial charge on any atom is -0.504 e. The topological polar surface area (TPSA) is 55.5 Å². The van der Waals surface area contributed by atoms with Gasteiger partial charge in [0.2, 0.25) is 0 Å². The Bertz CT molecular complexity index is 315. The molecule has 1 aromatic rings. The summed E-state index contributed by atoms with van der Waals surface area (Å²) in [4.78, 5) is 0. The third-order valence-electron chi connectivity index (χ3n) is 2.04. The first-order chi connectivity index (χ1) is 6.70. The number of halogens is 1. The summed E-state index contributed by atoms with van der Waals surface area (Å²) in [5.74, 6) is 0.565. The van der Waals surface area contributed by atoms with Gasteiger partial charge in [0.15, 0.2) is 11.5 Å². The molecule has 14 heavy (non-hydrogen) atoms. The molecule has 0 saturated carbocycles. The molecule has 1 rings (SSSR count). The molecule has 3 N–H and O–H groups in total. The average Bonchev–Trinajstić information content (AvgIpc) is 2.18. The number of phenols is 1. The molecule has 0 aliphatic heterocycles. The number of rotatable bonds is 4. The van der Waals surface area contributed by atoms with Crippen molar-refractivity contribution in [1.82, 2.24) is 0 Å². The third kappa shape index (κ3) is 2.30. The molecule has 0 aliphatic carbocycles. The van der Waals surface area contributed by atoms with Gasteiger partial charge in [0.25, 0.3) is 0 Å². The SMILES string of the molecule is COc1ccc(Cl)c(CCCN)c1O. The summed E-state index contributed by atoms with van der Waals surface area (Å²) in [6, 6.07) is 3.36. The fourth-order valence-corrected chi connectivity index (χ4v) is 1.52. The standard InChI is InChI=1S/C10H14ClNO2/c1-14-9-5-4-8(11)7(10(9)13)3-2-6-12/h4-5,13H,2-3,6,12H2,1H3. The molecule has 0 amide bonds. The lowest BCUT2D eigenvalue weighted by Crippen LogP contribution is -2.01. The van der Waals surface area contributed by atoms with E-state index >= 15 is 0 Å². The predicted molar refractivity (Wildman–Crippen MR) is 57.0 cm³/mol. The second-order valence-corrected chi connectivity index (χ2v) is 3.38. The van der Waals surface area contributed by atoms with E-state index in [0.29, 0.717) is 29.3 Å². The molecule has 0 saturated heterocycles. The molecule has 0 fully saturated rings. The van der Waals surface area contributed by atoms with Crippen LogP contribution in [0.2, 0.25) is 5.02 Å². The van der Waals surface area contributed by atoms with Crippen molar-refractivity contribution in [3.8, 4) is 11.5 Å². The van der Waals surface area contributed by atoms with Gasteiger partial charge in [-0.1, -0.05) is 11.6 Å². The number of benzene rings is 1. The molecule has 0 aliphatic rings.